The highest BCUT2D eigenvalue weighted by molar-refractivity contribution is 7.18. The zero-order valence-electron chi connectivity index (χ0n) is 14.2. The molecule has 2 aromatic heterocycles. The van der Waals surface area contributed by atoms with Gasteiger partial charge in [0.2, 0.25) is 0 Å². The molecule has 2 fully saturated rings. The van der Waals surface area contributed by atoms with Crippen LogP contribution in [0.25, 0.3) is 10.2 Å². The molecule has 1 amide bonds. The first kappa shape index (κ1) is 16.3. The molecule has 7 heteroatoms. The number of thiazole rings is 1. The highest BCUT2D eigenvalue weighted by Gasteiger charge is 2.31. The van der Waals surface area contributed by atoms with Crippen LogP contribution in [0.4, 0.5) is 0 Å². The minimum atomic E-state index is -0.0184. The van der Waals surface area contributed by atoms with Gasteiger partial charge in [-0.25, -0.2) is 4.98 Å². The molecular weight excluding hydrogens is 370 g/mol. The molecule has 1 aliphatic heterocycles. The second-order valence-corrected chi connectivity index (χ2v) is 8.62. The first-order chi connectivity index (χ1) is 12.7. The van der Waals surface area contributed by atoms with E-state index in [-0.39, 0.29) is 5.91 Å². The van der Waals surface area contributed by atoms with Crippen molar-refractivity contribution in [3.8, 4) is 0 Å². The van der Waals surface area contributed by atoms with Crippen molar-refractivity contribution in [1.82, 2.24) is 15.0 Å². The van der Waals surface area contributed by atoms with Crippen LogP contribution in [0, 0.1) is 0 Å². The third-order valence-corrected chi connectivity index (χ3v) is 6.66. The van der Waals surface area contributed by atoms with Crippen LogP contribution in [0.1, 0.15) is 58.8 Å². The van der Waals surface area contributed by atoms with E-state index < -0.39 is 0 Å². The van der Waals surface area contributed by atoms with Crippen molar-refractivity contribution in [1.29, 1.82) is 0 Å². The lowest BCUT2D eigenvalue weighted by molar-refractivity contribution is 0.0702. The molecule has 1 aliphatic carbocycles. The van der Waals surface area contributed by atoms with Gasteiger partial charge in [-0.15, -0.1) is 11.3 Å². The Morgan fingerprint density at radius 3 is 2.73 bits per heavy atom. The van der Waals surface area contributed by atoms with Gasteiger partial charge in [0.15, 0.2) is 5.69 Å². The van der Waals surface area contributed by atoms with E-state index in [0.717, 1.165) is 59.8 Å². The molecule has 26 heavy (non-hydrogen) atoms. The third kappa shape index (κ3) is 3.01. The zero-order valence-corrected chi connectivity index (χ0v) is 15.7. The number of fused-ring (bicyclic) bond motifs is 1. The van der Waals surface area contributed by atoms with Gasteiger partial charge >= 0.3 is 0 Å². The van der Waals surface area contributed by atoms with Gasteiger partial charge in [0, 0.05) is 36.0 Å². The summed E-state index contributed by atoms with van der Waals surface area (Å²) in [4.78, 5) is 19.3. The van der Waals surface area contributed by atoms with E-state index in [9.17, 15) is 4.79 Å². The lowest BCUT2D eigenvalue weighted by Gasteiger charge is -2.30. The Bertz CT molecular complexity index is 970. The van der Waals surface area contributed by atoms with Crippen LogP contribution < -0.4 is 0 Å². The topological polar surface area (TPSA) is 59.2 Å². The second kappa shape index (κ2) is 6.35. The van der Waals surface area contributed by atoms with Crippen LogP contribution in [0.5, 0.6) is 0 Å². The molecule has 2 aliphatic rings. The number of aromatic nitrogens is 2. The van der Waals surface area contributed by atoms with E-state index in [1.807, 2.05) is 29.2 Å². The maximum atomic E-state index is 12.7. The molecule has 3 heterocycles. The zero-order chi connectivity index (χ0) is 17.7. The molecule has 0 unspecified atom stereocenters. The van der Waals surface area contributed by atoms with Gasteiger partial charge in [-0.05, 0) is 43.9 Å². The highest BCUT2D eigenvalue weighted by atomic mass is 35.5. The largest absolute Gasteiger partial charge is 0.360 e. The molecular formula is C19H18ClN3O2S. The van der Waals surface area contributed by atoms with Gasteiger partial charge in [-0.3, -0.25) is 4.79 Å². The summed E-state index contributed by atoms with van der Waals surface area (Å²) < 4.78 is 6.48. The summed E-state index contributed by atoms with van der Waals surface area (Å²) in [6.45, 7) is 1.46. The molecule has 1 aromatic carbocycles. The summed E-state index contributed by atoms with van der Waals surface area (Å²) >= 11 is 7.79. The van der Waals surface area contributed by atoms with E-state index in [0.29, 0.717) is 22.6 Å². The Hall–Kier alpha value is -1.92. The Morgan fingerprint density at radius 2 is 1.96 bits per heavy atom. The summed E-state index contributed by atoms with van der Waals surface area (Å²) in [6, 6.07) is 7.67. The lowest BCUT2D eigenvalue weighted by atomic mass is 9.97. The van der Waals surface area contributed by atoms with E-state index in [4.69, 9.17) is 21.1 Å². The average molecular weight is 388 g/mol. The smallest absolute Gasteiger partial charge is 0.276 e. The molecule has 0 atom stereocenters. The van der Waals surface area contributed by atoms with E-state index in [1.165, 1.54) is 0 Å². The molecule has 1 saturated heterocycles. The average Bonchev–Trinajstić information content (AvgIpc) is 3.24. The van der Waals surface area contributed by atoms with Crippen molar-refractivity contribution >= 4 is 39.1 Å². The second-order valence-electron chi connectivity index (χ2n) is 7.12. The number of amides is 1. The number of piperidine rings is 1. The fourth-order valence-electron chi connectivity index (χ4n) is 3.53. The summed E-state index contributed by atoms with van der Waals surface area (Å²) in [6.07, 6.45) is 4.13. The fourth-order valence-corrected chi connectivity index (χ4v) is 4.82. The fraction of sp³-hybridized carbons (Fsp3) is 0.421. The van der Waals surface area contributed by atoms with E-state index in [1.54, 1.807) is 11.3 Å². The Kier molecular flexibility index (Phi) is 3.98. The van der Waals surface area contributed by atoms with E-state index >= 15 is 0 Å². The van der Waals surface area contributed by atoms with Crippen LogP contribution in [0.15, 0.2) is 28.8 Å². The SMILES string of the molecule is O=C(c1cc(C2CC2)on1)N1CCC(c2nc3cc(Cl)ccc3s2)CC1. The van der Waals surface area contributed by atoms with Crippen molar-refractivity contribution < 1.29 is 9.32 Å². The molecule has 1 saturated carbocycles. The predicted octanol–water partition coefficient (Wildman–Crippen LogP) is 4.83. The summed E-state index contributed by atoms with van der Waals surface area (Å²) in [5.41, 5.74) is 1.41. The maximum absolute atomic E-state index is 12.7. The first-order valence-corrected chi connectivity index (χ1v) is 10.2. The lowest BCUT2D eigenvalue weighted by Crippen LogP contribution is -2.38. The molecule has 0 spiro atoms. The van der Waals surface area contributed by atoms with Crippen LogP contribution in [-0.4, -0.2) is 34.0 Å². The van der Waals surface area contributed by atoms with Gasteiger partial charge in [-0.2, -0.15) is 0 Å². The number of carbonyl (C=O) groups is 1. The normalized spacial score (nSPS) is 18.6. The van der Waals surface area contributed by atoms with Crippen molar-refractivity contribution in [3.63, 3.8) is 0 Å². The third-order valence-electron chi connectivity index (χ3n) is 5.22. The number of benzene rings is 1. The standard InChI is InChI=1S/C19H18ClN3O2S/c20-13-3-4-17-14(9-13)21-18(26-17)12-5-7-23(8-6-12)19(24)15-10-16(25-22-15)11-1-2-11/h3-4,9-12H,1-2,5-8H2. The van der Waals surface area contributed by atoms with Gasteiger partial charge in [-0.1, -0.05) is 16.8 Å². The Labute approximate surface area is 159 Å². The van der Waals surface area contributed by atoms with Gasteiger partial charge < -0.3 is 9.42 Å². The van der Waals surface area contributed by atoms with Crippen LogP contribution in [0.2, 0.25) is 5.02 Å². The molecule has 134 valence electrons. The minimum Gasteiger partial charge on any atom is -0.360 e. The van der Waals surface area contributed by atoms with Crippen molar-refractivity contribution in [3.05, 3.63) is 45.7 Å². The van der Waals surface area contributed by atoms with Crippen molar-refractivity contribution in [2.75, 3.05) is 13.1 Å². The Morgan fingerprint density at radius 1 is 1.15 bits per heavy atom. The Balaban J connectivity index is 1.26. The molecule has 5 nitrogen and oxygen atoms in total. The predicted molar refractivity (Wildman–Crippen MR) is 101 cm³/mol. The molecule has 3 aromatic rings. The molecule has 0 radical (unpaired) electrons. The number of hydrogen-bond donors (Lipinski definition) is 0. The maximum Gasteiger partial charge on any atom is 0.276 e. The summed E-state index contributed by atoms with van der Waals surface area (Å²) in [7, 11) is 0. The monoisotopic (exact) mass is 387 g/mol. The number of likely N-dealkylation sites (tertiary alicyclic amines) is 1. The van der Waals surface area contributed by atoms with Crippen molar-refractivity contribution in [2.45, 2.75) is 37.5 Å². The van der Waals surface area contributed by atoms with Crippen LogP contribution in [-0.2, 0) is 0 Å². The number of carbonyl (C=O) groups excluding carboxylic acids is 1. The quantitative estimate of drug-likeness (QED) is 0.645. The first-order valence-electron chi connectivity index (χ1n) is 8.99. The summed E-state index contributed by atoms with van der Waals surface area (Å²) in [5.74, 6) is 1.71. The number of hydrogen-bond acceptors (Lipinski definition) is 5. The molecule has 0 bridgehead atoms. The van der Waals surface area contributed by atoms with Gasteiger partial charge in [0.05, 0.1) is 15.2 Å². The van der Waals surface area contributed by atoms with Crippen LogP contribution in [0.3, 0.4) is 0 Å². The van der Waals surface area contributed by atoms with Gasteiger partial charge in [0.25, 0.3) is 5.91 Å². The molecule has 5 rings (SSSR count). The number of halogens is 1. The molecule has 0 N–H and O–H groups in total. The summed E-state index contributed by atoms with van der Waals surface area (Å²) in [5, 5.41) is 5.84. The highest BCUT2D eigenvalue weighted by Crippen LogP contribution is 2.40. The van der Waals surface area contributed by atoms with Crippen LogP contribution >= 0.6 is 22.9 Å². The number of rotatable bonds is 3. The van der Waals surface area contributed by atoms with E-state index in [2.05, 4.69) is 5.16 Å². The van der Waals surface area contributed by atoms with Crippen molar-refractivity contribution in [2.24, 2.45) is 0 Å². The number of nitrogens with zero attached hydrogens (tertiary/aromatic N) is 3. The van der Waals surface area contributed by atoms with Gasteiger partial charge in [0.1, 0.15) is 5.76 Å². The minimum absolute atomic E-state index is 0.0184.